The van der Waals surface area contributed by atoms with Gasteiger partial charge >= 0.3 is 0 Å². The number of thioether (sulfide) groups is 1. The number of thiophene rings is 1. The summed E-state index contributed by atoms with van der Waals surface area (Å²) in [7, 11) is 0. The van der Waals surface area contributed by atoms with E-state index in [-0.39, 0.29) is 0 Å². The zero-order valence-electron chi connectivity index (χ0n) is 9.15. The fourth-order valence-corrected chi connectivity index (χ4v) is 3.21. The van der Waals surface area contributed by atoms with Crippen LogP contribution in [-0.4, -0.2) is 15.2 Å². The van der Waals surface area contributed by atoms with E-state index >= 15 is 0 Å². The van der Waals surface area contributed by atoms with E-state index in [1.54, 1.807) is 17.7 Å². The molecule has 4 heteroatoms. The monoisotopic (exact) mass is 238 g/mol. The van der Waals surface area contributed by atoms with Crippen molar-refractivity contribution in [2.45, 2.75) is 37.5 Å². The van der Waals surface area contributed by atoms with E-state index < -0.39 is 0 Å². The Labute approximate surface area is 98.1 Å². The van der Waals surface area contributed by atoms with Crippen LogP contribution in [0.5, 0.6) is 0 Å². The molecule has 15 heavy (non-hydrogen) atoms. The van der Waals surface area contributed by atoms with Crippen molar-refractivity contribution in [1.82, 2.24) is 9.97 Å². The zero-order valence-corrected chi connectivity index (χ0v) is 10.8. The lowest BCUT2D eigenvalue weighted by Gasteiger charge is -2.03. The molecule has 0 N–H and O–H groups in total. The van der Waals surface area contributed by atoms with Crippen LogP contribution in [0.25, 0.3) is 10.2 Å². The van der Waals surface area contributed by atoms with Crippen LogP contribution < -0.4 is 0 Å². The van der Waals surface area contributed by atoms with Crippen LogP contribution in [0.4, 0.5) is 0 Å². The molecule has 0 aliphatic rings. The lowest BCUT2D eigenvalue weighted by atomic mass is 10.3. The molecular weight excluding hydrogens is 224 g/mol. The Hall–Kier alpha value is -0.610. The predicted molar refractivity (Wildman–Crippen MR) is 67.8 cm³/mol. The highest BCUT2D eigenvalue weighted by atomic mass is 32.2. The highest BCUT2D eigenvalue weighted by Gasteiger charge is 2.09. The van der Waals surface area contributed by atoms with Crippen LogP contribution in [-0.2, 0) is 6.42 Å². The van der Waals surface area contributed by atoms with E-state index in [0.717, 1.165) is 16.3 Å². The predicted octanol–water partition coefficient (Wildman–Crippen LogP) is 3.75. The number of aromatic nitrogens is 2. The smallest absolute Gasteiger partial charge is 0.128 e. The number of hydrogen-bond donors (Lipinski definition) is 0. The SMILES string of the molecule is CCc1cc2c(SC(C)C)ncnc2s1. The van der Waals surface area contributed by atoms with Gasteiger partial charge in [-0.1, -0.05) is 20.8 Å². The molecule has 0 spiro atoms. The first-order chi connectivity index (χ1) is 7.20. The fourth-order valence-electron chi connectivity index (χ4n) is 1.38. The summed E-state index contributed by atoms with van der Waals surface area (Å²) in [6.45, 7) is 6.55. The topological polar surface area (TPSA) is 25.8 Å². The van der Waals surface area contributed by atoms with Crippen LogP contribution in [0.2, 0.25) is 0 Å². The second-order valence-electron chi connectivity index (χ2n) is 3.63. The number of aryl methyl sites for hydroxylation is 1. The molecule has 0 saturated heterocycles. The maximum absolute atomic E-state index is 4.35. The molecule has 0 radical (unpaired) electrons. The Balaban J connectivity index is 2.49. The van der Waals surface area contributed by atoms with Crippen molar-refractivity contribution in [2.24, 2.45) is 0 Å². The van der Waals surface area contributed by atoms with Gasteiger partial charge in [0.1, 0.15) is 16.2 Å². The van der Waals surface area contributed by atoms with Gasteiger partial charge in [-0.15, -0.1) is 23.1 Å². The van der Waals surface area contributed by atoms with Crippen molar-refractivity contribution >= 4 is 33.3 Å². The number of nitrogens with zero attached hydrogens (tertiary/aromatic N) is 2. The molecule has 0 aromatic carbocycles. The van der Waals surface area contributed by atoms with E-state index in [1.165, 1.54) is 10.3 Å². The molecule has 2 aromatic rings. The first kappa shape index (κ1) is 10.9. The number of hydrogen-bond acceptors (Lipinski definition) is 4. The third-order valence-electron chi connectivity index (χ3n) is 2.04. The molecule has 0 saturated carbocycles. The van der Waals surface area contributed by atoms with Crippen LogP contribution in [0.15, 0.2) is 17.4 Å². The summed E-state index contributed by atoms with van der Waals surface area (Å²) in [6.07, 6.45) is 2.75. The molecule has 2 rings (SSSR count). The molecule has 0 unspecified atom stereocenters. The van der Waals surface area contributed by atoms with Crippen LogP contribution in [0, 0.1) is 0 Å². The molecule has 0 atom stereocenters. The van der Waals surface area contributed by atoms with Crippen molar-refractivity contribution in [3.63, 3.8) is 0 Å². The zero-order chi connectivity index (χ0) is 10.8. The summed E-state index contributed by atoms with van der Waals surface area (Å²) in [5.41, 5.74) is 0. The third kappa shape index (κ3) is 2.32. The fraction of sp³-hybridized carbons (Fsp3) is 0.455. The normalized spacial score (nSPS) is 11.5. The van der Waals surface area contributed by atoms with E-state index in [0.29, 0.717) is 5.25 Å². The average Bonchev–Trinajstić information content (AvgIpc) is 2.61. The van der Waals surface area contributed by atoms with Gasteiger partial charge in [-0.25, -0.2) is 9.97 Å². The van der Waals surface area contributed by atoms with Crippen molar-refractivity contribution in [1.29, 1.82) is 0 Å². The Bertz CT molecular complexity index is 463. The second-order valence-corrected chi connectivity index (χ2v) is 6.31. The van der Waals surface area contributed by atoms with Gasteiger partial charge in [0.05, 0.1) is 0 Å². The summed E-state index contributed by atoms with van der Waals surface area (Å²) in [6, 6.07) is 2.23. The Morgan fingerprint density at radius 3 is 2.87 bits per heavy atom. The van der Waals surface area contributed by atoms with Gasteiger partial charge in [-0.2, -0.15) is 0 Å². The molecule has 0 aliphatic heterocycles. The lowest BCUT2D eigenvalue weighted by Crippen LogP contribution is -1.89. The minimum Gasteiger partial charge on any atom is -0.229 e. The molecule has 0 amide bonds. The average molecular weight is 238 g/mol. The van der Waals surface area contributed by atoms with Crippen LogP contribution in [0.1, 0.15) is 25.6 Å². The van der Waals surface area contributed by atoms with Gasteiger partial charge in [0.25, 0.3) is 0 Å². The highest BCUT2D eigenvalue weighted by Crippen LogP contribution is 2.32. The van der Waals surface area contributed by atoms with Crippen molar-refractivity contribution < 1.29 is 0 Å². The van der Waals surface area contributed by atoms with Crippen LogP contribution >= 0.6 is 23.1 Å². The standard InChI is InChI=1S/C11H14N2S2/c1-4-8-5-9-10(14-7(2)3)12-6-13-11(9)15-8/h5-7H,4H2,1-3H3. The summed E-state index contributed by atoms with van der Waals surface area (Å²) in [5.74, 6) is 0. The maximum atomic E-state index is 4.35. The molecule has 0 aliphatic carbocycles. The van der Waals surface area contributed by atoms with E-state index in [1.807, 2.05) is 11.8 Å². The van der Waals surface area contributed by atoms with Gasteiger partial charge < -0.3 is 0 Å². The quantitative estimate of drug-likeness (QED) is 0.601. The van der Waals surface area contributed by atoms with Gasteiger partial charge in [0.15, 0.2) is 0 Å². The largest absolute Gasteiger partial charge is 0.229 e. The third-order valence-corrected chi connectivity index (χ3v) is 4.25. The van der Waals surface area contributed by atoms with Crippen LogP contribution in [0.3, 0.4) is 0 Å². The summed E-state index contributed by atoms with van der Waals surface area (Å²) < 4.78 is 0. The lowest BCUT2D eigenvalue weighted by molar-refractivity contribution is 1.07. The van der Waals surface area contributed by atoms with Gasteiger partial charge in [-0.05, 0) is 12.5 Å². The minimum absolute atomic E-state index is 0.563. The van der Waals surface area contributed by atoms with Gasteiger partial charge in [-0.3, -0.25) is 0 Å². The molecule has 2 heterocycles. The first-order valence-electron chi connectivity index (χ1n) is 5.10. The minimum atomic E-state index is 0.563. The van der Waals surface area contributed by atoms with E-state index in [9.17, 15) is 0 Å². The molecule has 2 aromatic heterocycles. The van der Waals surface area contributed by atoms with Gasteiger partial charge in [0.2, 0.25) is 0 Å². The summed E-state index contributed by atoms with van der Waals surface area (Å²) in [5, 5.41) is 2.90. The Morgan fingerprint density at radius 2 is 2.20 bits per heavy atom. The first-order valence-corrected chi connectivity index (χ1v) is 6.80. The molecule has 2 nitrogen and oxygen atoms in total. The second kappa shape index (κ2) is 4.49. The highest BCUT2D eigenvalue weighted by molar-refractivity contribution is 8.00. The Morgan fingerprint density at radius 1 is 1.40 bits per heavy atom. The molecular formula is C11H14N2S2. The number of fused-ring (bicyclic) bond motifs is 1. The molecule has 80 valence electrons. The number of rotatable bonds is 3. The molecule has 0 bridgehead atoms. The molecule has 0 fully saturated rings. The summed E-state index contributed by atoms with van der Waals surface area (Å²) in [4.78, 5) is 11.2. The summed E-state index contributed by atoms with van der Waals surface area (Å²) >= 11 is 3.58. The Kier molecular flexibility index (Phi) is 3.26. The van der Waals surface area contributed by atoms with Crippen molar-refractivity contribution in [2.75, 3.05) is 0 Å². The van der Waals surface area contributed by atoms with Crippen molar-refractivity contribution in [3.05, 3.63) is 17.3 Å². The van der Waals surface area contributed by atoms with E-state index in [4.69, 9.17) is 0 Å². The van der Waals surface area contributed by atoms with E-state index in [2.05, 4.69) is 36.8 Å². The van der Waals surface area contributed by atoms with Gasteiger partial charge in [0, 0.05) is 15.5 Å². The maximum Gasteiger partial charge on any atom is 0.128 e. The van der Waals surface area contributed by atoms with Crippen molar-refractivity contribution in [3.8, 4) is 0 Å².